The first-order valence-corrected chi connectivity index (χ1v) is 8.36. The molecular weight excluding hydrogens is 380 g/mol. The molecule has 1 heterocycles. The smallest absolute Gasteiger partial charge is 0.338 e. The molecule has 0 unspecified atom stereocenters. The Kier molecular flexibility index (Phi) is 5.64. The Labute approximate surface area is 149 Å². The third kappa shape index (κ3) is 4.03. The van der Waals surface area contributed by atoms with Gasteiger partial charge >= 0.3 is 5.97 Å². The zero-order chi connectivity index (χ0) is 17.1. The molecule has 1 aliphatic heterocycles. The van der Waals surface area contributed by atoms with Crippen molar-refractivity contribution in [1.29, 1.82) is 0 Å². The van der Waals surface area contributed by atoms with E-state index in [2.05, 4.69) is 26.6 Å². The first kappa shape index (κ1) is 17.7. The van der Waals surface area contributed by atoms with E-state index in [-0.39, 0.29) is 12.1 Å². The van der Waals surface area contributed by atoms with Crippen LogP contribution in [0.15, 0.2) is 33.9 Å². The third-order valence-corrected chi connectivity index (χ3v) is 4.05. The lowest BCUT2D eigenvalue weighted by molar-refractivity contribution is -0.143. The molecule has 5 nitrogen and oxygen atoms in total. The van der Waals surface area contributed by atoms with Gasteiger partial charge in [0.05, 0.1) is 24.8 Å². The zero-order valence-electron chi connectivity index (χ0n) is 13.4. The molecule has 23 heavy (non-hydrogen) atoms. The minimum atomic E-state index is -0.442. The standard InChI is InChI=1S/C16H19BrN2O3S/c1-8(2)22-15(20)13-9(3)18-16(23)19-14(13)11-7-10(17)5-6-12(11)21-4/h5-8,14H,1-4H3,(H2,18,19,23)/t14-/m1/s1. The Bertz CT molecular complexity index is 673. The Morgan fingerprint density at radius 1 is 1.39 bits per heavy atom. The quantitative estimate of drug-likeness (QED) is 0.599. The number of hydrogen-bond donors (Lipinski definition) is 2. The maximum Gasteiger partial charge on any atom is 0.338 e. The molecule has 0 saturated heterocycles. The third-order valence-electron chi connectivity index (χ3n) is 3.33. The Hall–Kier alpha value is -1.60. The number of nitrogens with one attached hydrogen (secondary N) is 2. The lowest BCUT2D eigenvalue weighted by atomic mass is 9.95. The van der Waals surface area contributed by atoms with Crippen LogP contribution in [0.5, 0.6) is 5.75 Å². The van der Waals surface area contributed by atoms with E-state index >= 15 is 0 Å². The van der Waals surface area contributed by atoms with Crippen molar-refractivity contribution >= 4 is 39.2 Å². The van der Waals surface area contributed by atoms with E-state index in [9.17, 15) is 4.79 Å². The Morgan fingerprint density at radius 3 is 2.70 bits per heavy atom. The molecule has 1 aromatic rings. The lowest BCUT2D eigenvalue weighted by Crippen LogP contribution is -2.45. The van der Waals surface area contributed by atoms with Crippen LogP contribution in [-0.2, 0) is 9.53 Å². The summed E-state index contributed by atoms with van der Waals surface area (Å²) in [6.45, 7) is 5.44. The summed E-state index contributed by atoms with van der Waals surface area (Å²) < 4.78 is 11.7. The molecule has 1 aliphatic rings. The summed E-state index contributed by atoms with van der Waals surface area (Å²) in [7, 11) is 1.59. The second-order valence-corrected chi connectivity index (χ2v) is 6.73. The van der Waals surface area contributed by atoms with E-state index in [4.69, 9.17) is 21.7 Å². The maximum atomic E-state index is 12.5. The summed E-state index contributed by atoms with van der Waals surface area (Å²) >= 11 is 8.69. The van der Waals surface area contributed by atoms with Crippen LogP contribution in [0.3, 0.4) is 0 Å². The highest BCUT2D eigenvalue weighted by Gasteiger charge is 2.33. The highest BCUT2D eigenvalue weighted by Crippen LogP contribution is 2.35. The van der Waals surface area contributed by atoms with Crippen molar-refractivity contribution in [2.75, 3.05) is 7.11 Å². The van der Waals surface area contributed by atoms with E-state index in [1.807, 2.05) is 39.0 Å². The minimum absolute atomic E-state index is 0.207. The van der Waals surface area contributed by atoms with Crippen molar-refractivity contribution < 1.29 is 14.3 Å². The molecule has 2 rings (SSSR count). The normalized spacial score (nSPS) is 17.7. The number of thiocarbonyl (C=S) groups is 1. The van der Waals surface area contributed by atoms with Gasteiger partial charge in [0.1, 0.15) is 5.75 Å². The minimum Gasteiger partial charge on any atom is -0.496 e. The first-order valence-electron chi connectivity index (χ1n) is 7.16. The van der Waals surface area contributed by atoms with Crippen molar-refractivity contribution in [1.82, 2.24) is 10.6 Å². The van der Waals surface area contributed by atoms with Gasteiger partial charge < -0.3 is 20.1 Å². The molecule has 0 bridgehead atoms. The van der Waals surface area contributed by atoms with Gasteiger partial charge in [-0.15, -0.1) is 0 Å². The number of methoxy groups -OCH3 is 1. The van der Waals surface area contributed by atoms with Gasteiger partial charge in [-0.05, 0) is 51.2 Å². The molecule has 1 atom stereocenters. The molecule has 0 aliphatic carbocycles. The fourth-order valence-corrected chi connectivity index (χ4v) is 3.06. The summed E-state index contributed by atoms with van der Waals surface area (Å²) in [6.07, 6.45) is -0.207. The highest BCUT2D eigenvalue weighted by molar-refractivity contribution is 9.10. The molecule has 124 valence electrons. The number of allylic oxidation sites excluding steroid dienone is 1. The molecule has 2 N–H and O–H groups in total. The van der Waals surface area contributed by atoms with Gasteiger partial charge in [-0.1, -0.05) is 15.9 Å². The van der Waals surface area contributed by atoms with Crippen LogP contribution in [-0.4, -0.2) is 24.3 Å². The van der Waals surface area contributed by atoms with Crippen LogP contribution in [0.2, 0.25) is 0 Å². The van der Waals surface area contributed by atoms with Crippen molar-refractivity contribution in [3.05, 3.63) is 39.5 Å². The summed E-state index contributed by atoms with van der Waals surface area (Å²) in [5, 5.41) is 6.57. The van der Waals surface area contributed by atoms with Gasteiger partial charge in [-0.2, -0.15) is 0 Å². The molecule has 0 fully saturated rings. The van der Waals surface area contributed by atoms with E-state index in [1.165, 1.54) is 0 Å². The fraction of sp³-hybridized carbons (Fsp3) is 0.375. The lowest BCUT2D eigenvalue weighted by Gasteiger charge is -2.31. The van der Waals surface area contributed by atoms with Gasteiger partial charge in [0, 0.05) is 15.7 Å². The van der Waals surface area contributed by atoms with Gasteiger partial charge in [-0.3, -0.25) is 0 Å². The topological polar surface area (TPSA) is 59.6 Å². The van der Waals surface area contributed by atoms with Crippen LogP contribution >= 0.6 is 28.1 Å². The summed E-state index contributed by atoms with van der Waals surface area (Å²) in [5.74, 6) is 0.282. The highest BCUT2D eigenvalue weighted by atomic mass is 79.9. The fourth-order valence-electron chi connectivity index (χ4n) is 2.41. The number of esters is 1. The molecular formula is C16H19BrN2O3S. The van der Waals surface area contributed by atoms with Crippen molar-refractivity contribution in [3.8, 4) is 5.75 Å². The van der Waals surface area contributed by atoms with Crippen LogP contribution < -0.4 is 15.4 Å². The average Bonchev–Trinajstić information content (AvgIpc) is 2.45. The number of carbonyl (C=O) groups is 1. The predicted octanol–water partition coefficient (Wildman–Crippen LogP) is 3.20. The average molecular weight is 399 g/mol. The summed E-state index contributed by atoms with van der Waals surface area (Å²) in [5.41, 5.74) is 1.97. The zero-order valence-corrected chi connectivity index (χ0v) is 15.8. The van der Waals surface area contributed by atoms with Gasteiger partial charge in [0.25, 0.3) is 0 Å². The first-order chi connectivity index (χ1) is 10.8. The van der Waals surface area contributed by atoms with Gasteiger partial charge in [-0.25, -0.2) is 4.79 Å². The number of ether oxygens (including phenoxy) is 2. The molecule has 7 heteroatoms. The van der Waals surface area contributed by atoms with Crippen molar-refractivity contribution in [2.24, 2.45) is 0 Å². The Balaban J connectivity index is 2.53. The second-order valence-electron chi connectivity index (χ2n) is 5.41. The largest absolute Gasteiger partial charge is 0.496 e. The molecule has 0 radical (unpaired) electrons. The van der Waals surface area contributed by atoms with Crippen molar-refractivity contribution in [2.45, 2.75) is 32.9 Å². The predicted molar refractivity (Wildman–Crippen MR) is 96.2 cm³/mol. The molecule has 0 saturated carbocycles. The number of carbonyl (C=O) groups excluding carboxylic acids is 1. The maximum absolute atomic E-state index is 12.5. The SMILES string of the molecule is COc1ccc(Br)cc1[C@H]1NC(=S)NC(C)=C1C(=O)OC(C)C. The van der Waals surface area contributed by atoms with E-state index in [1.54, 1.807) is 7.11 Å². The number of benzene rings is 1. The number of hydrogen-bond acceptors (Lipinski definition) is 4. The van der Waals surface area contributed by atoms with Gasteiger partial charge in [0.15, 0.2) is 5.11 Å². The van der Waals surface area contributed by atoms with E-state index in [0.29, 0.717) is 22.1 Å². The molecule has 0 aromatic heterocycles. The van der Waals surface area contributed by atoms with Crippen LogP contribution in [0.25, 0.3) is 0 Å². The number of rotatable bonds is 4. The van der Waals surface area contributed by atoms with E-state index < -0.39 is 6.04 Å². The monoisotopic (exact) mass is 398 g/mol. The molecule has 1 aromatic carbocycles. The Morgan fingerprint density at radius 2 is 2.09 bits per heavy atom. The van der Waals surface area contributed by atoms with Crippen LogP contribution in [0.1, 0.15) is 32.4 Å². The number of halogens is 1. The second kappa shape index (κ2) is 7.31. The van der Waals surface area contributed by atoms with Crippen LogP contribution in [0.4, 0.5) is 0 Å². The molecule has 0 amide bonds. The molecule has 0 spiro atoms. The summed E-state index contributed by atoms with van der Waals surface area (Å²) in [4.78, 5) is 12.5. The van der Waals surface area contributed by atoms with E-state index in [0.717, 1.165) is 10.0 Å². The van der Waals surface area contributed by atoms with Crippen LogP contribution in [0, 0.1) is 0 Å². The summed E-state index contributed by atoms with van der Waals surface area (Å²) in [6, 6.07) is 5.18. The van der Waals surface area contributed by atoms with Crippen molar-refractivity contribution in [3.63, 3.8) is 0 Å². The van der Waals surface area contributed by atoms with Gasteiger partial charge in [0.2, 0.25) is 0 Å².